The maximum absolute atomic E-state index is 4.50. The molecule has 5 heteroatoms. The van der Waals surface area contributed by atoms with Gasteiger partial charge in [-0.25, -0.2) is 9.99 Å². The maximum Gasteiger partial charge on any atom is 0.229 e. The molecule has 0 atom stereocenters. The van der Waals surface area contributed by atoms with Crippen LogP contribution in [0.1, 0.15) is 20.8 Å². The number of hydrogen-bond acceptors (Lipinski definition) is 5. The number of nitrogens with zero attached hydrogens (tertiary/aromatic N) is 4. The van der Waals surface area contributed by atoms with Gasteiger partial charge in [0.25, 0.3) is 0 Å². The van der Waals surface area contributed by atoms with Crippen LogP contribution in [0.2, 0.25) is 0 Å². The standard InChI is InChI=1S/C15H19N5/c1-4-17-20(12(2)3)14-10-11-16-15(19-14)18-13-8-6-5-7-9-13/h4-12H,1-3H3,(H,16,18,19)/b17-4-. The molecular formula is C15H19N5. The summed E-state index contributed by atoms with van der Waals surface area (Å²) in [5.41, 5.74) is 0.958. The highest BCUT2D eigenvalue weighted by atomic mass is 15.5. The summed E-state index contributed by atoms with van der Waals surface area (Å²) in [4.78, 5) is 8.73. The van der Waals surface area contributed by atoms with Crippen LogP contribution in [-0.4, -0.2) is 22.2 Å². The molecule has 104 valence electrons. The predicted octanol–water partition coefficient (Wildman–Crippen LogP) is 3.44. The van der Waals surface area contributed by atoms with Gasteiger partial charge in [0.05, 0.1) is 0 Å². The molecular weight excluding hydrogens is 250 g/mol. The van der Waals surface area contributed by atoms with Gasteiger partial charge in [-0.3, -0.25) is 0 Å². The van der Waals surface area contributed by atoms with Crippen LogP contribution in [0, 0.1) is 0 Å². The minimum atomic E-state index is 0.227. The summed E-state index contributed by atoms with van der Waals surface area (Å²) in [7, 11) is 0. The van der Waals surface area contributed by atoms with E-state index in [9.17, 15) is 0 Å². The lowest BCUT2D eigenvalue weighted by molar-refractivity contribution is 0.703. The van der Waals surface area contributed by atoms with Crippen molar-refractivity contribution in [2.45, 2.75) is 26.8 Å². The van der Waals surface area contributed by atoms with E-state index in [0.717, 1.165) is 11.5 Å². The molecule has 0 aliphatic rings. The highest BCUT2D eigenvalue weighted by Gasteiger charge is 2.11. The third-order valence-electron chi connectivity index (χ3n) is 2.63. The van der Waals surface area contributed by atoms with Crippen molar-refractivity contribution in [3.63, 3.8) is 0 Å². The van der Waals surface area contributed by atoms with E-state index in [1.807, 2.05) is 48.3 Å². The second kappa shape index (κ2) is 6.65. The zero-order valence-corrected chi connectivity index (χ0v) is 12.0. The van der Waals surface area contributed by atoms with E-state index < -0.39 is 0 Å². The fourth-order valence-corrected chi connectivity index (χ4v) is 1.77. The molecule has 20 heavy (non-hydrogen) atoms. The van der Waals surface area contributed by atoms with Crippen molar-refractivity contribution in [1.29, 1.82) is 0 Å². The van der Waals surface area contributed by atoms with Gasteiger partial charge in [0, 0.05) is 30.2 Å². The molecule has 1 heterocycles. The van der Waals surface area contributed by atoms with Crippen LogP contribution >= 0.6 is 0 Å². The maximum atomic E-state index is 4.50. The summed E-state index contributed by atoms with van der Waals surface area (Å²) < 4.78 is 0. The van der Waals surface area contributed by atoms with Crippen molar-refractivity contribution in [2.75, 3.05) is 10.3 Å². The number of nitrogens with one attached hydrogen (secondary N) is 1. The number of hydrazone groups is 1. The second-order valence-corrected chi connectivity index (χ2v) is 4.54. The van der Waals surface area contributed by atoms with E-state index in [1.165, 1.54) is 0 Å². The molecule has 1 aromatic carbocycles. The van der Waals surface area contributed by atoms with Crippen molar-refractivity contribution < 1.29 is 0 Å². The van der Waals surface area contributed by atoms with E-state index in [2.05, 4.69) is 34.2 Å². The molecule has 0 bridgehead atoms. The summed E-state index contributed by atoms with van der Waals surface area (Å²) in [5.74, 6) is 1.33. The van der Waals surface area contributed by atoms with Crippen LogP contribution in [0.4, 0.5) is 17.5 Å². The van der Waals surface area contributed by atoms with Gasteiger partial charge < -0.3 is 5.32 Å². The minimum Gasteiger partial charge on any atom is -0.324 e. The Kier molecular flexibility index (Phi) is 4.65. The summed E-state index contributed by atoms with van der Waals surface area (Å²) in [6.07, 6.45) is 3.49. The zero-order chi connectivity index (χ0) is 14.4. The Morgan fingerprint density at radius 1 is 1.20 bits per heavy atom. The fraction of sp³-hybridized carbons (Fsp3) is 0.267. The van der Waals surface area contributed by atoms with Crippen molar-refractivity contribution in [2.24, 2.45) is 5.10 Å². The summed E-state index contributed by atoms with van der Waals surface area (Å²) in [6, 6.07) is 11.9. The molecule has 2 aromatic rings. The van der Waals surface area contributed by atoms with E-state index in [1.54, 1.807) is 12.4 Å². The molecule has 0 aliphatic heterocycles. The first-order chi connectivity index (χ1) is 9.70. The van der Waals surface area contributed by atoms with Crippen LogP contribution in [-0.2, 0) is 0 Å². The van der Waals surface area contributed by atoms with Crippen LogP contribution in [0.5, 0.6) is 0 Å². The molecule has 5 nitrogen and oxygen atoms in total. The van der Waals surface area contributed by atoms with Crippen LogP contribution < -0.4 is 10.3 Å². The van der Waals surface area contributed by atoms with Crippen LogP contribution in [0.25, 0.3) is 0 Å². The third kappa shape index (κ3) is 3.54. The fourth-order valence-electron chi connectivity index (χ4n) is 1.77. The second-order valence-electron chi connectivity index (χ2n) is 4.54. The normalized spacial score (nSPS) is 11.0. The number of rotatable bonds is 5. The molecule has 0 unspecified atom stereocenters. The highest BCUT2D eigenvalue weighted by Crippen LogP contribution is 2.18. The number of hydrogen-bond donors (Lipinski definition) is 1. The molecule has 2 rings (SSSR count). The lowest BCUT2D eigenvalue weighted by atomic mass is 10.3. The third-order valence-corrected chi connectivity index (χ3v) is 2.63. The van der Waals surface area contributed by atoms with Gasteiger partial charge in [0.15, 0.2) is 5.82 Å². The Morgan fingerprint density at radius 3 is 2.60 bits per heavy atom. The lowest BCUT2D eigenvalue weighted by Gasteiger charge is -2.22. The predicted molar refractivity (Wildman–Crippen MR) is 83.5 cm³/mol. The monoisotopic (exact) mass is 269 g/mol. The molecule has 0 saturated heterocycles. The van der Waals surface area contributed by atoms with Gasteiger partial charge in [-0.05, 0) is 32.9 Å². The summed E-state index contributed by atoms with van der Waals surface area (Å²) in [5, 5.41) is 9.37. The lowest BCUT2D eigenvalue weighted by Crippen LogP contribution is -2.26. The van der Waals surface area contributed by atoms with Gasteiger partial charge in [-0.15, -0.1) is 0 Å². The quantitative estimate of drug-likeness (QED) is 0.667. The molecule has 0 fully saturated rings. The smallest absolute Gasteiger partial charge is 0.229 e. The Bertz CT molecular complexity index is 565. The van der Waals surface area contributed by atoms with E-state index in [0.29, 0.717) is 5.95 Å². The van der Waals surface area contributed by atoms with Gasteiger partial charge in [0.2, 0.25) is 5.95 Å². The van der Waals surface area contributed by atoms with E-state index >= 15 is 0 Å². The number of aromatic nitrogens is 2. The highest BCUT2D eigenvalue weighted by molar-refractivity contribution is 5.58. The number of benzene rings is 1. The van der Waals surface area contributed by atoms with Gasteiger partial charge in [-0.1, -0.05) is 18.2 Å². The Morgan fingerprint density at radius 2 is 1.95 bits per heavy atom. The van der Waals surface area contributed by atoms with Crippen LogP contribution in [0.3, 0.4) is 0 Å². The molecule has 0 aliphatic carbocycles. The SMILES string of the molecule is C/C=N\N(c1ccnc(Nc2ccccc2)n1)C(C)C. The van der Waals surface area contributed by atoms with Gasteiger partial charge >= 0.3 is 0 Å². The Balaban J connectivity index is 2.23. The summed E-state index contributed by atoms with van der Waals surface area (Å²) >= 11 is 0. The average Bonchev–Trinajstić information content (AvgIpc) is 2.46. The van der Waals surface area contributed by atoms with Crippen molar-refractivity contribution >= 4 is 23.7 Å². The number of para-hydroxylation sites is 1. The molecule has 1 aromatic heterocycles. The van der Waals surface area contributed by atoms with E-state index in [4.69, 9.17) is 0 Å². The Hall–Kier alpha value is -2.43. The van der Waals surface area contributed by atoms with Crippen LogP contribution in [0.15, 0.2) is 47.7 Å². The first-order valence-corrected chi connectivity index (χ1v) is 6.63. The first kappa shape index (κ1) is 14.0. The van der Waals surface area contributed by atoms with Crippen molar-refractivity contribution in [3.8, 4) is 0 Å². The molecule has 0 saturated carbocycles. The molecule has 0 amide bonds. The summed E-state index contributed by atoms with van der Waals surface area (Å²) in [6.45, 7) is 6.03. The van der Waals surface area contributed by atoms with Crippen molar-refractivity contribution in [1.82, 2.24) is 9.97 Å². The minimum absolute atomic E-state index is 0.227. The molecule has 1 N–H and O–H groups in total. The average molecular weight is 269 g/mol. The Labute approximate surface area is 119 Å². The largest absolute Gasteiger partial charge is 0.324 e. The molecule has 0 spiro atoms. The molecule has 0 radical (unpaired) electrons. The topological polar surface area (TPSA) is 53.4 Å². The van der Waals surface area contributed by atoms with E-state index in [-0.39, 0.29) is 6.04 Å². The van der Waals surface area contributed by atoms with Gasteiger partial charge in [-0.2, -0.15) is 10.1 Å². The number of anilines is 3. The van der Waals surface area contributed by atoms with Crippen molar-refractivity contribution in [3.05, 3.63) is 42.6 Å². The zero-order valence-electron chi connectivity index (χ0n) is 12.0. The van der Waals surface area contributed by atoms with Gasteiger partial charge in [0.1, 0.15) is 0 Å². The first-order valence-electron chi connectivity index (χ1n) is 6.63.